The maximum absolute atomic E-state index is 12.1. The van der Waals surface area contributed by atoms with E-state index in [1.165, 1.54) is 25.7 Å². The molecule has 3 heteroatoms. The summed E-state index contributed by atoms with van der Waals surface area (Å²) in [5.74, 6) is 0.922. The summed E-state index contributed by atoms with van der Waals surface area (Å²) in [6.07, 6.45) is 5.30. The number of benzene rings is 1. The van der Waals surface area contributed by atoms with E-state index in [0.29, 0.717) is 12.0 Å². The highest BCUT2D eigenvalue weighted by molar-refractivity contribution is 5.94. The average molecular weight is 244 g/mol. The highest BCUT2D eigenvalue weighted by atomic mass is 16.1. The molecular formula is C15H20N2O. The van der Waals surface area contributed by atoms with Crippen molar-refractivity contribution in [2.24, 2.45) is 17.1 Å². The van der Waals surface area contributed by atoms with E-state index >= 15 is 0 Å². The molecule has 0 aliphatic heterocycles. The number of carbonyl (C=O) groups is 1. The molecule has 0 spiro atoms. The normalized spacial score (nSPS) is 20.5. The molecule has 1 aromatic rings. The molecular weight excluding hydrogens is 224 g/mol. The van der Waals surface area contributed by atoms with Crippen molar-refractivity contribution in [3.63, 3.8) is 0 Å². The Morgan fingerprint density at radius 3 is 2.78 bits per heavy atom. The summed E-state index contributed by atoms with van der Waals surface area (Å²) < 4.78 is 0. The highest BCUT2D eigenvalue weighted by Gasteiger charge is 2.53. The van der Waals surface area contributed by atoms with E-state index in [4.69, 9.17) is 5.73 Å². The SMILES string of the molecule is NCc1cccc(C(=O)NCC2(C3CC3)CC2)c1. The van der Waals surface area contributed by atoms with E-state index < -0.39 is 0 Å². The van der Waals surface area contributed by atoms with Crippen LogP contribution in [-0.2, 0) is 6.54 Å². The first-order chi connectivity index (χ1) is 8.73. The fraction of sp³-hybridized carbons (Fsp3) is 0.533. The van der Waals surface area contributed by atoms with Gasteiger partial charge in [0.25, 0.3) is 5.91 Å². The second kappa shape index (κ2) is 4.39. The predicted molar refractivity (Wildman–Crippen MR) is 71.1 cm³/mol. The Balaban J connectivity index is 1.60. The zero-order chi connectivity index (χ0) is 12.6. The van der Waals surface area contributed by atoms with Crippen molar-refractivity contribution >= 4 is 5.91 Å². The zero-order valence-electron chi connectivity index (χ0n) is 10.6. The Hall–Kier alpha value is -1.35. The van der Waals surface area contributed by atoms with Crippen LogP contribution in [0, 0.1) is 11.3 Å². The van der Waals surface area contributed by atoms with Crippen molar-refractivity contribution in [3.05, 3.63) is 35.4 Å². The number of rotatable bonds is 5. The zero-order valence-corrected chi connectivity index (χ0v) is 10.6. The van der Waals surface area contributed by atoms with Gasteiger partial charge in [0.2, 0.25) is 0 Å². The summed E-state index contributed by atoms with van der Waals surface area (Å²) in [6, 6.07) is 7.57. The number of nitrogens with one attached hydrogen (secondary N) is 1. The number of amides is 1. The molecule has 0 saturated heterocycles. The second-order valence-corrected chi connectivity index (χ2v) is 5.72. The van der Waals surface area contributed by atoms with Crippen LogP contribution in [0.4, 0.5) is 0 Å². The Morgan fingerprint density at radius 1 is 1.39 bits per heavy atom. The molecule has 18 heavy (non-hydrogen) atoms. The lowest BCUT2D eigenvalue weighted by Gasteiger charge is -2.15. The molecule has 0 heterocycles. The minimum atomic E-state index is 0.0391. The quantitative estimate of drug-likeness (QED) is 0.833. The maximum Gasteiger partial charge on any atom is 0.251 e. The van der Waals surface area contributed by atoms with Crippen molar-refractivity contribution in [1.29, 1.82) is 0 Å². The fourth-order valence-corrected chi connectivity index (χ4v) is 2.78. The number of carbonyl (C=O) groups excluding carboxylic acids is 1. The van der Waals surface area contributed by atoms with Gasteiger partial charge >= 0.3 is 0 Å². The van der Waals surface area contributed by atoms with E-state index in [-0.39, 0.29) is 5.91 Å². The predicted octanol–water partition coefficient (Wildman–Crippen LogP) is 2.07. The molecule has 0 bridgehead atoms. The third-order valence-corrected chi connectivity index (χ3v) is 4.36. The van der Waals surface area contributed by atoms with Gasteiger partial charge in [-0.3, -0.25) is 4.79 Å². The monoisotopic (exact) mass is 244 g/mol. The van der Waals surface area contributed by atoms with Crippen LogP contribution in [0.15, 0.2) is 24.3 Å². The summed E-state index contributed by atoms with van der Waals surface area (Å²) >= 11 is 0. The van der Waals surface area contributed by atoms with Crippen LogP contribution in [0.25, 0.3) is 0 Å². The highest BCUT2D eigenvalue weighted by Crippen LogP contribution is 2.60. The summed E-state index contributed by atoms with van der Waals surface area (Å²) in [5, 5.41) is 3.09. The van der Waals surface area contributed by atoms with Gasteiger partial charge in [-0.2, -0.15) is 0 Å². The molecule has 3 N–H and O–H groups in total. The Bertz CT molecular complexity index is 461. The van der Waals surface area contributed by atoms with Gasteiger partial charge in [-0.05, 0) is 54.7 Å². The van der Waals surface area contributed by atoms with Crippen LogP contribution in [0.1, 0.15) is 41.6 Å². The van der Waals surface area contributed by atoms with Crippen LogP contribution in [-0.4, -0.2) is 12.5 Å². The largest absolute Gasteiger partial charge is 0.351 e. The Morgan fingerprint density at radius 2 is 2.17 bits per heavy atom. The number of nitrogens with two attached hydrogens (primary N) is 1. The van der Waals surface area contributed by atoms with Gasteiger partial charge in [-0.1, -0.05) is 12.1 Å². The average Bonchev–Trinajstić information content (AvgIpc) is 3.28. The Kier molecular flexibility index (Phi) is 2.86. The van der Waals surface area contributed by atoms with Gasteiger partial charge in [0.1, 0.15) is 0 Å². The van der Waals surface area contributed by atoms with Gasteiger partial charge in [-0.15, -0.1) is 0 Å². The molecule has 3 rings (SSSR count). The minimum absolute atomic E-state index is 0.0391. The van der Waals surface area contributed by atoms with Crippen molar-refractivity contribution in [2.75, 3.05) is 6.54 Å². The molecule has 2 saturated carbocycles. The van der Waals surface area contributed by atoms with E-state index in [1.807, 2.05) is 24.3 Å². The molecule has 2 aliphatic carbocycles. The Labute approximate surface area is 108 Å². The summed E-state index contributed by atoms with van der Waals surface area (Å²) in [7, 11) is 0. The molecule has 2 aliphatic rings. The van der Waals surface area contributed by atoms with Gasteiger partial charge in [0, 0.05) is 18.7 Å². The smallest absolute Gasteiger partial charge is 0.251 e. The number of hydrogen-bond donors (Lipinski definition) is 2. The lowest BCUT2D eigenvalue weighted by molar-refractivity contribution is 0.0942. The van der Waals surface area contributed by atoms with Crippen molar-refractivity contribution in [2.45, 2.75) is 32.2 Å². The van der Waals surface area contributed by atoms with Crippen LogP contribution in [0.2, 0.25) is 0 Å². The van der Waals surface area contributed by atoms with Crippen molar-refractivity contribution in [1.82, 2.24) is 5.32 Å². The molecule has 0 unspecified atom stereocenters. The molecule has 0 radical (unpaired) electrons. The molecule has 2 fully saturated rings. The topological polar surface area (TPSA) is 55.1 Å². The standard InChI is InChI=1S/C15H20N2O/c16-9-11-2-1-3-12(8-11)14(18)17-10-15(6-7-15)13-4-5-13/h1-3,8,13H,4-7,9-10,16H2,(H,17,18). The first-order valence-corrected chi connectivity index (χ1v) is 6.81. The lowest BCUT2D eigenvalue weighted by Crippen LogP contribution is -2.31. The van der Waals surface area contributed by atoms with Gasteiger partial charge in [0.05, 0.1) is 0 Å². The van der Waals surface area contributed by atoms with E-state index in [1.54, 1.807) is 0 Å². The van der Waals surface area contributed by atoms with Gasteiger partial charge < -0.3 is 11.1 Å². The van der Waals surface area contributed by atoms with Crippen LogP contribution in [0.5, 0.6) is 0 Å². The van der Waals surface area contributed by atoms with E-state index in [9.17, 15) is 4.79 Å². The second-order valence-electron chi connectivity index (χ2n) is 5.72. The number of hydrogen-bond acceptors (Lipinski definition) is 2. The van der Waals surface area contributed by atoms with Crippen LogP contribution >= 0.6 is 0 Å². The van der Waals surface area contributed by atoms with E-state index in [2.05, 4.69) is 5.32 Å². The summed E-state index contributed by atoms with van der Waals surface area (Å²) in [4.78, 5) is 12.1. The summed E-state index contributed by atoms with van der Waals surface area (Å²) in [5.41, 5.74) is 7.78. The molecule has 96 valence electrons. The first-order valence-electron chi connectivity index (χ1n) is 6.81. The lowest BCUT2D eigenvalue weighted by atomic mass is 10.0. The molecule has 0 atom stereocenters. The molecule has 3 nitrogen and oxygen atoms in total. The van der Waals surface area contributed by atoms with Crippen molar-refractivity contribution in [3.8, 4) is 0 Å². The van der Waals surface area contributed by atoms with Gasteiger partial charge in [-0.25, -0.2) is 0 Å². The third-order valence-electron chi connectivity index (χ3n) is 4.36. The fourth-order valence-electron chi connectivity index (χ4n) is 2.78. The molecule has 1 amide bonds. The minimum Gasteiger partial charge on any atom is -0.351 e. The van der Waals surface area contributed by atoms with Crippen LogP contribution < -0.4 is 11.1 Å². The van der Waals surface area contributed by atoms with Crippen LogP contribution in [0.3, 0.4) is 0 Å². The van der Waals surface area contributed by atoms with Crippen molar-refractivity contribution < 1.29 is 4.79 Å². The van der Waals surface area contributed by atoms with Gasteiger partial charge in [0.15, 0.2) is 0 Å². The maximum atomic E-state index is 12.1. The first kappa shape index (κ1) is 11.7. The molecule has 0 aromatic heterocycles. The van der Waals surface area contributed by atoms with E-state index in [0.717, 1.165) is 23.6 Å². The summed E-state index contributed by atoms with van der Waals surface area (Å²) in [6.45, 7) is 1.33. The molecule has 1 aromatic carbocycles. The third kappa shape index (κ3) is 2.27.